The minimum atomic E-state index is 0.976. The summed E-state index contributed by atoms with van der Waals surface area (Å²) in [5.74, 6) is 0.977. The number of para-hydroxylation sites is 1. The van der Waals surface area contributed by atoms with Gasteiger partial charge in [0.15, 0.2) is 0 Å². The molecule has 22 heavy (non-hydrogen) atoms. The molecule has 0 spiro atoms. The molecular weight excluding hydrogens is 336 g/mol. The van der Waals surface area contributed by atoms with Gasteiger partial charge in [-0.05, 0) is 60.7 Å². The number of pyridine rings is 1. The second kappa shape index (κ2) is 6.49. The van der Waals surface area contributed by atoms with Crippen LogP contribution in [0.15, 0.2) is 53.0 Å². The van der Waals surface area contributed by atoms with Crippen LogP contribution in [0.4, 0.5) is 5.82 Å². The van der Waals surface area contributed by atoms with Crippen molar-refractivity contribution in [2.75, 3.05) is 12.4 Å². The standard InChI is InChI=1S/C19H19BrN2/c1-13-9-14(11-17(20)10-13)7-8-16-12-15-5-3-4-6-18(15)22-19(16)21-2/h3-6,9-12H,7-8H2,1-2H3,(H,21,22). The van der Waals surface area contributed by atoms with Crippen LogP contribution in [0, 0.1) is 6.92 Å². The molecule has 0 atom stereocenters. The first-order chi connectivity index (χ1) is 10.7. The minimum absolute atomic E-state index is 0.976. The van der Waals surface area contributed by atoms with Crippen LogP contribution in [-0.2, 0) is 12.8 Å². The Hall–Kier alpha value is -1.87. The fourth-order valence-electron chi connectivity index (χ4n) is 2.80. The molecule has 0 bridgehead atoms. The summed E-state index contributed by atoms with van der Waals surface area (Å²) in [6.07, 6.45) is 1.99. The summed E-state index contributed by atoms with van der Waals surface area (Å²) in [6, 6.07) is 17.1. The van der Waals surface area contributed by atoms with Gasteiger partial charge in [-0.1, -0.05) is 40.2 Å². The van der Waals surface area contributed by atoms with Crippen molar-refractivity contribution in [3.8, 4) is 0 Å². The number of nitrogens with one attached hydrogen (secondary N) is 1. The number of anilines is 1. The van der Waals surface area contributed by atoms with E-state index in [0.717, 1.165) is 28.6 Å². The molecule has 0 fully saturated rings. The first-order valence-corrected chi connectivity index (χ1v) is 8.27. The van der Waals surface area contributed by atoms with Crippen LogP contribution in [0.5, 0.6) is 0 Å². The highest BCUT2D eigenvalue weighted by Crippen LogP contribution is 2.23. The van der Waals surface area contributed by atoms with Crippen LogP contribution in [0.1, 0.15) is 16.7 Å². The molecule has 1 N–H and O–H groups in total. The van der Waals surface area contributed by atoms with Crippen LogP contribution >= 0.6 is 15.9 Å². The summed E-state index contributed by atoms with van der Waals surface area (Å²) in [7, 11) is 1.93. The van der Waals surface area contributed by atoms with E-state index in [2.05, 4.69) is 70.6 Å². The number of rotatable bonds is 4. The molecule has 1 aromatic heterocycles. The topological polar surface area (TPSA) is 24.9 Å². The summed E-state index contributed by atoms with van der Waals surface area (Å²) >= 11 is 3.58. The second-order valence-corrected chi connectivity index (χ2v) is 6.49. The van der Waals surface area contributed by atoms with Gasteiger partial charge in [-0.3, -0.25) is 0 Å². The summed E-state index contributed by atoms with van der Waals surface area (Å²) in [5.41, 5.74) is 4.93. The van der Waals surface area contributed by atoms with Crippen LogP contribution in [-0.4, -0.2) is 12.0 Å². The first-order valence-electron chi connectivity index (χ1n) is 7.48. The maximum atomic E-state index is 4.72. The number of nitrogens with zero attached hydrogens (tertiary/aromatic N) is 1. The van der Waals surface area contributed by atoms with Gasteiger partial charge in [-0.25, -0.2) is 4.98 Å². The predicted molar refractivity (Wildman–Crippen MR) is 97.6 cm³/mol. The van der Waals surface area contributed by atoms with Crippen molar-refractivity contribution in [1.82, 2.24) is 4.98 Å². The highest BCUT2D eigenvalue weighted by Gasteiger charge is 2.06. The maximum Gasteiger partial charge on any atom is 0.129 e. The molecule has 0 aliphatic rings. The van der Waals surface area contributed by atoms with Gasteiger partial charge in [0.1, 0.15) is 5.82 Å². The Morgan fingerprint density at radius 1 is 1.05 bits per heavy atom. The fourth-order valence-corrected chi connectivity index (χ4v) is 3.46. The maximum absolute atomic E-state index is 4.72. The van der Waals surface area contributed by atoms with Gasteiger partial charge in [-0.15, -0.1) is 0 Å². The Morgan fingerprint density at radius 3 is 2.64 bits per heavy atom. The zero-order valence-electron chi connectivity index (χ0n) is 12.9. The van der Waals surface area contributed by atoms with Gasteiger partial charge in [-0.2, -0.15) is 0 Å². The van der Waals surface area contributed by atoms with Crippen LogP contribution in [0.3, 0.4) is 0 Å². The molecule has 0 aliphatic carbocycles. The minimum Gasteiger partial charge on any atom is -0.373 e. The molecule has 0 saturated carbocycles. The molecule has 1 heterocycles. The Morgan fingerprint density at radius 2 is 1.86 bits per heavy atom. The number of halogens is 1. The molecule has 0 unspecified atom stereocenters. The number of aromatic nitrogens is 1. The molecule has 0 amide bonds. The van der Waals surface area contributed by atoms with Crippen LogP contribution in [0.2, 0.25) is 0 Å². The van der Waals surface area contributed by atoms with Crippen molar-refractivity contribution >= 4 is 32.7 Å². The van der Waals surface area contributed by atoms with E-state index >= 15 is 0 Å². The summed E-state index contributed by atoms with van der Waals surface area (Å²) in [4.78, 5) is 4.72. The van der Waals surface area contributed by atoms with Crippen molar-refractivity contribution < 1.29 is 0 Å². The van der Waals surface area contributed by atoms with E-state index in [0.29, 0.717) is 0 Å². The van der Waals surface area contributed by atoms with Crippen molar-refractivity contribution in [1.29, 1.82) is 0 Å². The zero-order chi connectivity index (χ0) is 15.5. The Kier molecular flexibility index (Phi) is 4.44. The third kappa shape index (κ3) is 3.30. The van der Waals surface area contributed by atoms with Crippen LogP contribution in [0.25, 0.3) is 10.9 Å². The number of fused-ring (bicyclic) bond motifs is 1. The lowest BCUT2D eigenvalue weighted by Crippen LogP contribution is -2.01. The molecule has 2 nitrogen and oxygen atoms in total. The molecular formula is C19H19BrN2. The lowest BCUT2D eigenvalue weighted by molar-refractivity contribution is 0.952. The molecule has 2 aromatic carbocycles. The van der Waals surface area contributed by atoms with Crippen molar-refractivity contribution in [3.63, 3.8) is 0 Å². The Balaban J connectivity index is 1.89. The van der Waals surface area contributed by atoms with Gasteiger partial charge in [0.25, 0.3) is 0 Å². The van der Waals surface area contributed by atoms with Gasteiger partial charge < -0.3 is 5.32 Å². The second-order valence-electron chi connectivity index (χ2n) is 5.58. The summed E-state index contributed by atoms with van der Waals surface area (Å²) < 4.78 is 1.15. The lowest BCUT2D eigenvalue weighted by Gasteiger charge is -2.11. The zero-order valence-corrected chi connectivity index (χ0v) is 14.4. The Bertz CT molecular complexity index is 791. The normalized spacial score (nSPS) is 10.9. The highest BCUT2D eigenvalue weighted by atomic mass is 79.9. The van der Waals surface area contributed by atoms with Crippen LogP contribution < -0.4 is 5.32 Å². The molecule has 0 aliphatic heterocycles. The largest absolute Gasteiger partial charge is 0.373 e. The number of hydrogen-bond acceptors (Lipinski definition) is 2. The van der Waals surface area contributed by atoms with Crippen molar-refractivity contribution in [2.45, 2.75) is 19.8 Å². The molecule has 0 radical (unpaired) electrons. The van der Waals surface area contributed by atoms with Gasteiger partial charge in [0.05, 0.1) is 5.52 Å². The Labute approximate surface area is 139 Å². The predicted octanol–water partition coefficient (Wildman–Crippen LogP) is 5.13. The number of benzene rings is 2. The number of aryl methyl sites for hydroxylation is 3. The average Bonchev–Trinajstić information content (AvgIpc) is 2.51. The smallest absolute Gasteiger partial charge is 0.129 e. The monoisotopic (exact) mass is 354 g/mol. The third-order valence-electron chi connectivity index (χ3n) is 3.82. The van der Waals surface area contributed by atoms with Crippen molar-refractivity contribution in [2.24, 2.45) is 0 Å². The van der Waals surface area contributed by atoms with E-state index in [1.807, 2.05) is 13.1 Å². The SMILES string of the molecule is CNc1nc2ccccc2cc1CCc1cc(C)cc(Br)c1. The van der Waals surface area contributed by atoms with E-state index in [9.17, 15) is 0 Å². The highest BCUT2D eigenvalue weighted by molar-refractivity contribution is 9.10. The third-order valence-corrected chi connectivity index (χ3v) is 4.28. The molecule has 112 valence electrons. The summed E-state index contributed by atoms with van der Waals surface area (Å²) in [6.45, 7) is 2.13. The average molecular weight is 355 g/mol. The van der Waals surface area contributed by atoms with Gasteiger partial charge in [0.2, 0.25) is 0 Å². The number of hydrogen-bond donors (Lipinski definition) is 1. The summed E-state index contributed by atoms with van der Waals surface area (Å²) in [5, 5.41) is 4.42. The van der Waals surface area contributed by atoms with Gasteiger partial charge >= 0.3 is 0 Å². The fraction of sp³-hybridized carbons (Fsp3) is 0.211. The van der Waals surface area contributed by atoms with E-state index in [1.165, 1.54) is 22.1 Å². The van der Waals surface area contributed by atoms with E-state index in [1.54, 1.807) is 0 Å². The van der Waals surface area contributed by atoms with E-state index < -0.39 is 0 Å². The first kappa shape index (κ1) is 15.0. The lowest BCUT2D eigenvalue weighted by atomic mass is 10.0. The van der Waals surface area contributed by atoms with Gasteiger partial charge in [0, 0.05) is 16.9 Å². The van der Waals surface area contributed by atoms with Crippen molar-refractivity contribution in [3.05, 3.63) is 69.7 Å². The molecule has 0 saturated heterocycles. The molecule has 3 aromatic rings. The molecule has 3 heteroatoms. The van der Waals surface area contributed by atoms with E-state index in [4.69, 9.17) is 4.98 Å². The quantitative estimate of drug-likeness (QED) is 0.702. The molecule has 3 rings (SSSR count). The van der Waals surface area contributed by atoms with E-state index in [-0.39, 0.29) is 0 Å².